The van der Waals surface area contributed by atoms with E-state index in [0.717, 1.165) is 38.2 Å². The Morgan fingerprint density at radius 2 is 1.84 bits per heavy atom. The van der Waals surface area contributed by atoms with E-state index in [4.69, 9.17) is 4.74 Å². The van der Waals surface area contributed by atoms with Crippen LogP contribution in [0.15, 0.2) is 30.3 Å². The minimum Gasteiger partial charge on any atom is -0.378 e. The molecule has 132 valence electrons. The largest absolute Gasteiger partial charge is 0.378 e. The van der Waals surface area contributed by atoms with Gasteiger partial charge in [0, 0.05) is 44.0 Å². The van der Waals surface area contributed by atoms with Crippen LogP contribution in [0.25, 0.3) is 0 Å². The van der Waals surface area contributed by atoms with Crippen molar-refractivity contribution >= 4 is 17.2 Å². The number of benzene rings is 1. The summed E-state index contributed by atoms with van der Waals surface area (Å²) >= 11 is 1.59. The first-order valence-electron chi connectivity index (χ1n) is 8.91. The lowest BCUT2D eigenvalue weighted by atomic mass is 10.2. The Hall–Kier alpha value is -1.76. The predicted molar refractivity (Wildman–Crippen MR) is 98.0 cm³/mol. The van der Waals surface area contributed by atoms with Gasteiger partial charge in [-0.15, -0.1) is 11.3 Å². The molecule has 0 spiro atoms. The lowest BCUT2D eigenvalue weighted by molar-refractivity contribution is 0.0302. The van der Waals surface area contributed by atoms with Crippen LogP contribution in [0.1, 0.15) is 25.9 Å². The molecule has 1 aromatic heterocycles. The summed E-state index contributed by atoms with van der Waals surface area (Å²) in [6.45, 7) is 5.61. The van der Waals surface area contributed by atoms with Gasteiger partial charge in [-0.1, -0.05) is 30.3 Å². The lowest BCUT2D eigenvalue weighted by Crippen LogP contribution is -2.40. The van der Waals surface area contributed by atoms with Gasteiger partial charge in [-0.25, -0.2) is 4.98 Å². The number of hydrogen-bond acceptors (Lipinski definition) is 5. The summed E-state index contributed by atoms with van der Waals surface area (Å²) in [5.74, 6) is 0.0718. The third-order valence-corrected chi connectivity index (χ3v) is 5.97. The average Bonchev–Trinajstić information content (AvgIpc) is 2.99. The zero-order valence-corrected chi connectivity index (χ0v) is 15.1. The number of morpholine rings is 1. The number of rotatable bonds is 3. The quantitative estimate of drug-likeness (QED) is 0.845. The first-order chi connectivity index (χ1) is 12.3. The number of nitrogens with zero attached hydrogens (tertiary/aromatic N) is 3. The van der Waals surface area contributed by atoms with Crippen molar-refractivity contribution in [2.24, 2.45) is 0 Å². The van der Waals surface area contributed by atoms with Crippen LogP contribution in [-0.4, -0.2) is 60.1 Å². The normalized spacial score (nSPS) is 18.6. The van der Waals surface area contributed by atoms with Crippen LogP contribution < -0.4 is 0 Å². The van der Waals surface area contributed by atoms with Gasteiger partial charge >= 0.3 is 0 Å². The van der Waals surface area contributed by atoms with E-state index in [-0.39, 0.29) is 5.91 Å². The Morgan fingerprint density at radius 1 is 1.08 bits per heavy atom. The molecule has 1 amide bonds. The summed E-state index contributed by atoms with van der Waals surface area (Å²) in [6, 6.07) is 10.6. The highest BCUT2D eigenvalue weighted by molar-refractivity contribution is 7.13. The second-order valence-corrected chi connectivity index (χ2v) is 7.64. The van der Waals surface area contributed by atoms with Crippen LogP contribution in [0.5, 0.6) is 0 Å². The highest BCUT2D eigenvalue weighted by Gasteiger charge is 2.25. The number of carbonyl (C=O) groups excluding carboxylic acids is 1. The van der Waals surface area contributed by atoms with E-state index in [0.29, 0.717) is 31.3 Å². The summed E-state index contributed by atoms with van der Waals surface area (Å²) in [7, 11) is 0. The van der Waals surface area contributed by atoms with E-state index in [9.17, 15) is 4.79 Å². The van der Waals surface area contributed by atoms with E-state index >= 15 is 0 Å². The monoisotopic (exact) mass is 357 g/mol. The van der Waals surface area contributed by atoms with Crippen molar-refractivity contribution in [3.8, 4) is 0 Å². The number of carbonyl (C=O) groups is 1. The van der Waals surface area contributed by atoms with Gasteiger partial charge < -0.3 is 9.64 Å². The molecule has 1 saturated heterocycles. The zero-order valence-electron chi connectivity index (χ0n) is 14.3. The number of hydrogen-bond donors (Lipinski definition) is 0. The fourth-order valence-corrected chi connectivity index (χ4v) is 4.47. The molecule has 0 aliphatic carbocycles. The number of fused-ring (bicyclic) bond motifs is 1. The van der Waals surface area contributed by atoms with Crippen LogP contribution in [0.3, 0.4) is 0 Å². The smallest absolute Gasteiger partial charge is 0.283 e. The van der Waals surface area contributed by atoms with Gasteiger partial charge in [0.25, 0.3) is 5.91 Å². The fourth-order valence-electron chi connectivity index (χ4n) is 3.40. The first kappa shape index (κ1) is 16.7. The molecule has 5 nitrogen and oxygen atoms in total. The van der Waals surface area contributed by atoms with Crippen molar-refractivity contribution in [3.63, 3.8) is 0 Å². The molecule has 0 bridgehead atoms. The molecule has 0 N–H and O–H groups in total. The van der Waals surface area contributed by atoms with Gasteiger partial charge in [0.15, 0.2) is 5.01 Å². The van der Waals surface area contributed by atoms with Crippen molar-refractivity contribution in [2.45, 2.75) is 19.4 Å². The molecule has 0 radical (unpaired) electrons. The molecule has 0 saturated carbocycles. The molecule has 4 rings (SSSR count). The molecule has 3 heterocycles. The van der Waals surface area contributed by atoms with Crippen molar-refractivity contribution < 1.29 is 9.53 Å². The molecule has 25 heavy (non-hydrogen) atoms. The third-order valence-electron chi connectivity index (χ3n) is 4.83. The Bertz CT molecular complexity index is 700. The van der Waals surface area contributed by atoms with Gasteiger partial charge in [0.05, 0.1) is 18.9 Å². The minimum atomic E-state index is 0.0718. The van der Waals surface area contributed by atoms with Crippen LogP contribution in [0.2, 0.25) is 0 Å². The molecule has 2 aliphatic heterocycles. The summed E-state index contributed by atoms with van der Waals surface area (Å²) in [4.78, 5) is 22.9. The summed E-state index contributed by atoms with van der Waals surface area (Å²) in [5, 5.41) is 0.656. The summed E-state index contributed by atoms with van der Waals surface area (Å²) in [6.07, 6.45) is 1.91. The molecule has 0 unspecified atom stereocenters. The highest BCUT2D eigenvalue weighted by atomic mass is 32.1. The second kappa shape index (κ2) is 7.64. The Kier molecular flexibility index (Phi) is 5.10. The number of ether oxygens (including phenoxy) is 1. The number of amides is 1. The van der Waals surface area contributed by atoms with E-state index in [2.05, 4.69) is 40.2 Å². The van der Waals surface area contributed by atoms with Gasteiger partial charge in [0.2, 0.25) is 0 Å². The van der Waals surface area contributed by atoms with Crippen LogP contribution in [0, 0.1) is 0 Å². The van der Waals surface area contributed by atoms with Crippen LogP contribution >= 0.6 is 11.3 Å². The Balaban J connectivity index is 1.40. The molecule has 6 heteroatoms. The van der Waals surface area contributed by atoms with Gasteiger partial charge in [-0.05, 0) is 12.0 Å². The highest BCUT2D eigenvalue weighted by Crippen LogP contribution is 2.25. The minimum absolute atomic E-state index is 0.0718. The van der Waals surface area contributed by atoms with Crippen LogP contribution in [-0.2, 0) is 24.1 Å². The topological polar surface area (TPSA) is 45.7 Å². The first-order valence-corrected chi connectivity index (χ1v) is 9.73. The third kappa shape index (κ3) is 3.92. The standard InChI is InChI=1S/C19H23N3O2S/c23-19(22-10-12-24-13-11-22)18-20-16-6-8-21(9-7-17(16)25-18)14-15-4-2-1-3-5-15/h1-5H,6-14H2. The van der Waals surface area contributed by atoms with E-state index < -0.39 is 0 Å². The summed E-state index contributed by atoms with van der Waals surface area (Å²) < 4.78 is 5.33. The SMILES string of the molecule is O=C(c1nc2c(s1)CCN(Cc1ccccc1)CC2)N1CCOCC1. The Labute approximate surface area is 152 Å². The molecule has 0 atom stereocenters. The summed E-state index contributed by atoms with van der Waals surface area (Å²) in [5.41, 5.74) is 2.47. The van der Waals surface area contributed by atoms with Crippen molar-refractivity contribution in [3.05, 3.63) is 51.5 Å². The van der Waals surface area contributed by atoms with Crippen molar-refractivity contribution in [2.75, 3.05) is 39.4 Å². The molecule has 1 aromatic carbocycles. The molecule has 2 aliphatic rings. The van der Waals surface area contributed by atoms with Crippen molar-refractivity contribution in [1.29, 1.82) is 0 Å². The van der Waals surface area contributed by atoms with E-state index in [1.54, 1.807) is 11.3 Å². The molecular formula is C19H23N3O2S. The number of thiazole rings is 1. The maximum Gasteiger partial charge on any atom is 0.283 e. The predicted octanol–water partition coefficient (Wildman–Crippen LogP) is 2.22. The maximum atomic E-state index is 12.6. The Morgan fingerprint density at radius 3 is 2.64 bits per heavy atom. The molecule has 1 fully saturated rings. The second-order valence-electron chi connectivity index (χ2n) is 6.56. The molecular weight excluding hydrogens is 334 g/mol. The average molecular weight is 357 g/mol. The van der Waals surface area contributed by atoms with Gasteiger partial charge in [-0.3, -0.25) is 9.69 Å². The molecule has 2 aromatic rings. The van der Waals surface area contributed by atoms with Crippen LogP contribution in [0.4, 0.5) is 0 Å². The lowest BCUT2D eigenvalue weighted by Gasteiger charge is -2.25. The van der Waals surface area contributed by atoms with E-state index in [1.807, 2.05) is 4.90 Å². The fraction of sp³-hybridized carbons (Fsp3) is 0.474. The van der Waals surface area contributed by atoms with Gasteiger partial charge in [0.1, 0.15) is 0 Å². The van der Waals surface area contributed by atoms with Gasteiger partial charge in [-0.2, -0.15) is 0 Å². The van der Waals surface area contributed by atoms with Crippen molar-refractivity contribution in [1.82, 2.24) is 14.8 Å². The maximum absolute atomic E-state index is 12.6. The zero-order chi connectivity index (χ0) is 17.1. The van der Waals surface area contributed by atoms with E-state index in [1.165, 1.54) is 10.4 Å². The number of aromatic nitrogens is 1.